The van der Waals surface area contributed by atoms with E-state index in [-0.39, 0.29) is 23.8 Å². The van der Waals surface area contributed by atoms with E-state index in [0.29, 0.717) is 38.1 Å². The quantitative estimate of drug-likeness (QED) is 0.515. The highest BCUT2D eigenvalue weighted by molar-refractivity contribution is 5.61. The number of halogens is 5. The lowest BCUT2D eigenvalue weighted by molar-refractivity contribution is -0.141. The van der Waals surface area contributed by atoms with Crippen LogP contribution in [0.15, 0.2) is 35.3 Å². The lowest BCUT2D eigenvalue weighted by Gasteiger charge is -2.27. The zero-order chi connectivity index (χ0) is 24.0. The Morgan fingerprint density at radius 1 is 1.09 bits per heavy atom. The summed E-state index contributed by atoms with van der Waals surface area (Å²) in [6.07, 6.45) is -3.93. The van der Waals surface area contributed by atoms with Crippen molar-refractivity contribution in [3.8, 4) is 23.1 Å². The number of anilines is 1. The predicted octanol–water partition coefficient (Wildman–Crippen LogP) is 3.52. The molecular formula is C21H15F5N4O4. The first-order valence-corrected chi connectivity index (χ1v) is 10.0. The summed E-state index contributed by atoms with van der Waals surface area (Å²) in [5.74, 6) is -2.90. The van der Waals surface area contributed by atoms with E-state index in [2.05, 4.69) is 9.97 Å². The van der Waals surface area contributed by atoms with Crippen molar-refractivity contribution >= 4 is 5.82 Å². The van der Waals surface area contributed by atoms with Gasteiger partial charge in [0, 0.05) is 25.4 Å². The van der Waals surface area contributed by atoms with Gasteiger partial charge in [-0.25, -0.2) is 13.6 Å². The molecule has 3 aromatic rings. The summed E-state index contributed by atoms with van der Waals surface area (Å²) >= 11 is 0. The van der Waals surface area contributed by atoms with Crippen molar-refractivity contribution in [2.24, 2.45) is 0 Å². The third kappa shape index (κ3) is 3.97. The molecule has 0 saturated heterocycles. The van der Waals surface area contributed by atoms with Gasteiger partial charge >= 0.3 is 11.9 Å². The van der Waals surface area contributed by atoms with Crippen molar-refractivity contribution in [1.29, 1.82) is 0 Å². The molecule has 2 aliphatic rings. The van der Waals surface area contributed by atoms with E-state index in [0.717, 1.165) is 24.4 Å². The van der Waals surface area contributed by atoms with E-state index in [9.17, 15) is 26.7 Å². The maximum absolute atomic E-state index is 14.5. The third-order valence-corrected chi connectivity index (χ3v) is 5.26. The van der Waals surface area contributed by atoms with Crippen LogP contribution in [0.1, 0.15) is 11.3 Å². The number of ether oxygens (including phenoxy) is 3. The molecule has 34 heavy (non-hydrogen) atoms. The van der Waals surface area contributed by atoms with Crippen molar-refractivity contribution in [1.82, 2.24) is 14.5 Å². The number of hydrogen-bond donors (Lipinski definition) is 0. The monoisotopic (exact) mass is 482 g/mol. The lowest BCUT2D eigenvalue weighted by atomic mass is 10.2. The van der Waals surface area contributed by atoms with Gasteiger partial charge in [-0.2, -0.15) is 18.2 Å². The average molecular weight is 482 g/mol. The SMILES string of the molecule is O=c1nc(OCc2cc(F)c(Oc3ccnc(C(F)(F)F)c3)c(F)c2)c2c3n1CCN3CCO2. The van der Waals surface area contributed by atoms with Gasteiger partial charge in [-0.3, -0.25) is 9.55 Å². The van der Waals surface area contributed by atoms with Gasteiger partial charge in [0.1, 0.15) is 24.7 Å². The molecular weight excluding hydrogens is 467 g/mol. The number of pyridine rings is 1. The van der Waals surface area contributed by atoms with Crippen LogP contribution in [0, 0.1) is 11.6 Å². The van der Waals surface area contributed by atoms with E-state index in [1.54, 1.807) is 0 Å². The highest BCUT2D eigenvalue weighted by atomic mass is 19.4. The van der Waals surface area contributed by atoms with Gasteiger partial charge in [-0.15, -0.1) is 0 Å². The van der Waals surface area contributed by atoms with Gasteiger partial charge in [0.05, 0.1) is 6.54 Å². The number of nitrogens with zero attached hydrogens (tertiary/aromatic N) is 4. The van der Waals surface area contributed by atoms with E-state index >= 15 is 0 Å². The summed E-state index contributed by atoms with van der Waals surface area (Å²) in [4.78, 5) is 21.3. The minimum atomic E-state index is -4.74. The van der Waals surface area contributed by atoms with Gasteiger partial charge in [0.25, 0.3) is 5.88 Å². The molecule has 0 bridgehead atoms. The van der Waals surface area contributed by atoms with Gasteiger partial charge < -0.3 is 19.1 Å². The molecule has 4 heterocycles. The summed E-state index contributed by atoms with van der Waals surface area (Å²) in [7, 11) is 0. The number of rotatable bonds is 5. The topological polar surface area (TPSA) is 78.7 Å². The summed E-state index contributed by atoms with van der Waals surface area (Å²) in [5, 5.41) is 0. The molecule has 0 radical (unpaired) electrons. The molecule has 0 amide bonds. The standard InChI is InChI=1S/C21H15F5N4O4/c22-13-7-11(8-14(23)16(13)34-12-1-2-27-15(9-12)21(24,25)26)10-33-18-17-19-29(5-6-32-17)3-4-30(19)20(31)28-18/h1-2,7-9H,3-6,10H2. The van der Waals surface area contributed by atoms with Crippen molar-refractivity contribution in [3.63, 3.8) is 0 Å². The Bertz CT molecular complexity index is 1300. The summed E-state index contributed by atoms with van der Waals surface area (Å²) in [5.41, 5.74) is -1.76. The van der Waals surface area contributed by atoms with Crippen molar-refractivity contribution < 1.29 is 36.2 Å². The number of benzene rings is 1. The fourth-order valence-corrected chi connectivity index (χ4v) is 3.74. The molecule has 0 N–H and O–H groups in total. The van der Waals surface area contributed by atoms with Crippen LogP contribution in [-0.4, -0.2) is 34.2 Å². The molecule has 5 rings (SSSR count). The fourth-order valence-electron chi connectivity index (χ4n) is 3.74. The van der Waals surface area contributed by atoms with Gasteiger partial charge in [-0.05, 0) is 23.8 Å². The Labute approximate surface area is 188 Å². The van der Waals surface area contributed by atoms with E-state index in [1.807, 2.05) is 4.90 Å². The average Bonchev–Trinajstić information content (AvgIpc) is 3.23. The Morgan fingerprint density at radius 2 is 1.85 bits per heavy atom. The van der Waals surface area contributed by atoms with Crippen LogP contribution in [0.25, 0.3) is 0 Å². The maximum Gasteiger partial charge on any atom is 0.433 e. The molecule has 0 spiro atoms. The third-order valence-electron chi connectivity index (χ3n) is 5.26. The smallest absolute Gasteiger partial charge is 0.433 e. The fraction of sp³-hybridized carbons (Fsp3) is 0.286. The van der Waals surface area contributed by atoms with E-state index in [1.165, 1.54) is 4.57 Å². The number of hydrogen-bond acceptors (Lipinski definition) is 7. The molecule has 0 atom stereocenters. The number of alkyl halides is 3. The van der Waals surface area contributed by atoms with Crippen LogP contribution in [0.4, 0.5) is 27.8 Å². The van der Waals surface area contributed by atoms with Crippen LogP contribution >= 0.6 is 0 Å². The van der Waals surface area contributed by atoms with Gasteiger partial charge in [-0.1, -0.05) is 0 Å². The van der Waals surface area contributed by atoms with Crippen molar-refractivity contribution in [3.05, 3.63) is 63.8 Å². The first-order chi connectivity index (χ1) is 16.2. The normalized spacial score (nSPS) is 14.6. The molecule has 0 fully saturated rings. The summed E-state index contributed by atoms with van der Waals surface area (Å²) in [6.45, 7) is 1.72. The van der Waals surface area contributed by atoms with Crippen molar-refractivity contribution in [2.45, 2.75) is 19.3 Å². The largest absolute Gasteiger partial charge is 0.483 e. The molecule has 8 nitrogen and oxygen atoms in total. The molecule has 0 saturated carbocycles. The van der Waals surface area contributed by atoms with E-state index in [4.69, 9.17) is 14.2 Å². The molecule has 13 heteroatoms. The minimum Gasteiger partial charge on any atom is -0.483 e. The van der Waals surface area contributed by atoms with E-state index < -0.39 is 40.7 Å². The zero-order valence-electron chi connectivity index (χ0n) is 17.2. The van der Waals surface area contributed by atoms with Gasteiger partial charge in [0.2, 0.25) is 5.75 Å². The van der Waals surface area contributed by atoms with Crippen LogP contribution in [-0.2, 0) is 19.3 Å². The maximum atomic E-state index is 14.5. The highest BCUT2D eigenvalue weighted by Gasteiger charge is 2.33. The summed E-state index contributed by atoms with van der Waals surface area (Å²) in [6, 6.07) is 3.38. The lowest BCUT2D eigenvalue weighted by Crippen LogP contribution is -2.32. The van der Waals surface area contributed by atoms with Crippen LogP contribution in [0.2, 0.25) is 0 Å². The molecule has 0 aliphatic carbocycles. The second kappa shape index (κ2) is 8.15. The first-order valence-electron chi connectivity index (χ1n) is 10.0. The Balaban J connectivity index is 1.36. The van der Waals surface area contributed by atoms with Crippen LogP contribution < -0.4 is 24.8 Å². The first kappa shape index (κ1) is 21.9. The minimum absolute atomic E-state index is 0.0373. The highest BCUT2D eigenvalue weighted by Crippen LogP contribution is 2.40. The molecule has 178 valence electrons. The Kier molecular flexibility index (Phi) is 5.25. The summed E-state index contributed by atoms with van der Waals surface area (Å²) < 4.78 is 85.1. The van der Waals surface area contributed by atoms with Crippen LogP contribution in [0.5, 0.6) is 23.1 Å². The zero-order valence-corrected chi connectivity index (χ0v) is 17.2. The second-order valence-corrected chi connectivity index (χ2v) is 7.49. The Hall–Kier alpha value is -3.90. The molecule has 2 aliphatic heterocycles. The second-order valence-electron chi connectivity index (χ2n) is 7.49. The predicted molar refractivity (Wildman–Crippen MR) is 106 cm³/mol. The van der Waals surface area contributed by atoms with Crippen molar-refractivity contribution in [2.75, 3.05) is 24.6 Å². The Morgan fingerprint density at radius 3 is 2.59 bits per heavy atom. The molecule has 0 unspecified atom stereocenters. The number of aromatic nitrogens is 3. The van der Waals surface area contributed by atoms with Crippen LogP contribution in [0.3, 0.4) is 0 Å². The molecule has 2 aromatic heterocycles. The molecule has 1 aromatic carbocycles. The van der Waals surface area contributed by atoms with Gasteiger partial charge in [0.15, 0.2) is 23.2 Å².